The molecular formula is C34H37N9O7S. The highest BCUT2D eigenvalue weighted by Crippen LogP contribution is 2.43. The molecule has 6 rings (SSSR count). The van der Waals surface area contributed by atoms with Crippen LogP contribution >= 0.6 is 11.3 Å². The summed E-state index contributed by atoms with van der Waals surface area (Å²) in [6, 6.07) is 17.1. The van der Waals surface area contributed by atoms with Gasteiger partial charge in [0.1, 0.15) is 17.3 Å². The van der Waals surface area contributed by atoms with Crippen molar-refractivity contribution in [1.82, 2.24) is 30.6 Å². The highest BCUT2D eigenvalue weighted by molar-refractivity contribution is 7.14. The van der Waals surface area contributed by atoms with E-state index in [4.69, 9.17) is 20.0 Å². The lowest BCUT2D eigenvalue weighted by Crippen LogP contribution is -2.70. The third-order valence-electron chi connectivity index (χ3n) is 7.84. The summed E-state index contributed by atoms with van der Waals surface area (Å²) in [6.07, 6.45) is 0.636. The van der Waals surface area contributed by atoms with Gasteiger partial charge in [-0.05, 0) is 31.9 Å². The number of carbonyl (C=O) groups excluding carboxylic acids is 4. The van der Waals surface area contributed by atoms with E-state index in [2.05, 4.69) is 36.3 Å². The Morgan fingerprint density at radius 1 is 1.10 bits per heavy atom. The number of carbonyl (C=O) groups is 4. The number of thiazole rings is 1. The van der Waals surface area contributed by atoms with E-state index in [9.17, 15) is 19.2 Å². The van der Waals surface area contributed by atoms with E-state index in [1.807, 2.05) is 60.7 Å². The van der Waals surface area contributed by atoms with E-state index in [1.165, 1.54) is 16.4 Å². The lowest BCUT2D eigenvalue weighted by Gasteiger charge is -2.36. The summed E-state index contributed by atoms with van der Waals surface area (Å²) in [4.78, 5) is 64.0. The van der Waals surface area contributed by atoms with Gasteiger partial charge in [0.15, 0.2) is 16.9 Å². The molecule has 1 aliphatic carbocycles. The summed E-state index contributed by atoms with van der Waals surface area (Å²) in [6.45, 7) is 5.52. The first kappa shape index (κ1) is 35.2. The fourth-order valence-electron chi connectivity index (χ4n) is 5.07. The second-order valence-electron chi connectivity index (χ2n) is 13.0. The van der Waals surface area contributed by atoms with E-state index >= 15 is 0 Å². The minimum absolute atomic E-state index is 0.0248. The molecule has 51 heavy (non-hydrogen) atoms. The molecule has 0 spiro atoms. The number of benzene rings is 2. The Morgan fingerprint density at radius 3 is 2.33 bits per heavy atom. The average molecular weight is 716 g/mol. The smallest absolute Gasteiger partial charge is 0.413 e. The molecule has 1 saturated heterocycles. The lowest BCUT2D eigenvalue weighted by atomic mass is 9.98. The van der Waals surface area contributed by atoms with Gasteiger partial charge >= 0.3 is 12.1 Å². The van der Waals surface area contributed by atoms with Crippen molar-refractivity contribution in [2.75, 3.05) is 5.32 Å². The van der Waals surface area contributed by atoms with Gasteiger partial charge in [0, 0.05) is 24.8 Å². The van der Waals surface area contributed by atoms with Crippen molar-refractivity contribution in [3.63, 3.8) is 0 Å². The van der Waals surface area contributed by atoms with Crippen LogP contribution in [0, 0.1) is 0 Å². The van der Waals surface area contributed by atoms with E-state index in [-0.39, 0.29) is 42.5 Å². The molecule has 4 aromatic rings. The molecule has 1 aliphatic heterocycles. The van der Waals surface area contributed by atoms with Crippen molar-refractivity contribution in [2.45, 2.75) is 76.1 Å². The quantitative estimate of drug-likeness (QED) is 0.0684. The van der Waals surface area contributed by atoms with E-state index < -0.39 is 53.3 Å². The van der Waals surface area contributed by atoms with E-state index in [1.54, 1.807) is 20.8 Å². The molecule has 2 aromatic heterocycles. The summed E-state index contributed by atoms with van der Waals surface area (Å²) in [5, 5.41) is 22.1. The van der Waals surface area contributed by atoms with Gasteiger partial charge in [0.25, 0.3) is 5.91 Å². The first-order chi connectivity index (χ1) is 24.4. The normalized spacial score (nSPS) is 17.9. The van der Waals surface area contributed by atoms with Gasteiger partial charge in [0.2, 0.25) is 11.5 Å². The highest BCUT2D eigenvalue weighted by atomic mass is 32.1. The Bertz CT molecular complexity index is 1880. The number of rotatable bonds is 13. The maximum Gasteiger partial charge on any atom is 0.413 e. The van der Waals surface area contributed by atoms with Crippen LogP contribution in [-0.2, 0) is 41.8 Å². The van der Waals surface area contributed by atoms with E-state index in [0.29, 0.717) is 5.69 Å². The van der Waals surface area contributed by atoms with Crippen LogP contribution in [-0.4, -0.2) is 72.9 Å². The van der Waals surface area contributed by atoms with Crippen LogP contribution < -0.4 is 21.7 Å². The monoisotopic (exact) mass is 715 g/mol. The largest absolute Gasteiger partial charge is 0.450 e. The molecule has 2 fully saturated rings. The number of nitrogens with zero attached hydrogens (tertiary/aromatic N) is 5. The Hall–Kier alpha value is -5.68. The minimum Gasteiger partial charge on any atom is -0.450 e. The van der Waals surface area contributed by atoms with Gasteiger partial charge < -0.3 is 30.7 Å². The van der Waals surface area contributed by atoms with Crippen molar-refractivity contribution in [1.29, 1.82) is 0 Å². The number of hydrogen-bond acceptors (Lipinski definition) is 13. The van der Waals surface area contributed by atoms with Crippen molar-refractivity contribution < 1.29 is 33.5 Å². The van der Waals surface area contributed by atoms with Gasteiger partial charge in [-0.25, -0.2) is 14.6 Å². The van der Waals surface area contributed by atoms with Crippen LogP contribution in [0.5, 0.6) is 0 Å². The molecule has 16 nitrogen and oxygen atoms in total. The number of ether oxygens (including phenoxy) is 2. The molecule has 2 aliphatic rings. The second-order valence-corrected chi connectivity index (χ2v) is 13.8. The Kier molecular flexibility index (Phi) is 10.1. The van der Waals surface area contributed by atoms with Crippen LogP contribution in [0.3, 0.4) is 0 Å². The van der Waals surface area contributed by atoms with Crippen LogP contribution in [0.15, 0.2) is 77.4 Å². The maximum absolute atomic E-state index is 13.8. The molecule has 3 heterocycles. The van der Waals surface area contributed by atoms with Crippen molar-refractivity contribution in [3.05, 3.63) is 94.8 Å². The zero-order valence-electron chi connectivity index (χ0n) is 28.1. The Labute approximate surface area is 296 Å². The molecule has 0 radical (unpaired) electrons. The van der Waals surface area contributed by atoms with Gasteiger partial charge in [0.05, 0.1) is 24.5 Å². The van der Waals surface area contributed by atoms with Crippen LogP contribution in [0.4, 0.5) is 9.93 Å². The number of oxime groups is 1. The van der Waals surface area contributed by atoms with Crippen LogP contribution in [0.1, 0.15) is 62.2 Å². The van der Waals surface area contributed by atoms with Crippen molar-refractivity contribution in [3.8, 4) is 0 Å². The predicted molar refractivity (Wildman–Crippen MR) is 184 cm³/mol. The zero-order valence-corrected chi connectivity index (χ0v) is 28.9. The predicted octanol–water partition coefficient (Wildman–Crippen LogP) is 2.81. The molecule has 2 aromatic carbocycles. The number of nitrogens with two attached hydrogens (primary N) is 1. The Morgan fingerprint density at radius 2 is 1.76 bits per heavy atom. The molecule has 17 heteroatoms. The lowest BCUT2D eigenvalue weighted by molar-refractivity contribution is -0.164. The molecule has 266 valence electrons. The molecule has 3 amide bonds. The molecule has 5 N–H and O–H groups in total. The molecule has 1 saturated carbocycles. The fraction of sp³-hybridized carbons (Fsp3) is 0.353. The number of nitrogens with one attached hydrogen (secondary N) is 3. The van der Waals surface area contributed by atoms with Crippen LogP contribution in [0.2, 0.25) is 0 Å². The molecule has 0 unspecified atom stereocenters. The van der Waals surface area contributed by atoms with Gasteiger partial charge in [-0.3, -0.25) is 14.9 Å². The molecule has 0 bridgehead atoms. The zero-order chi connectivity index (χ0) is 36.2. The number of β-lactam (4-membered cyclic amide) rings is 1. The Balaban J connectivity index is 1.22. The average Bonchev–Trinajstić information content (AvgIpc) is 3.52. The standard InChI is InChI=1S/C34H37N9O7S/c1-33(2,3)49-32(47)40-31-38-24(19-51-31)26(29(45)39-25-23(37-28(25)44)18-43-36-17-22(16-35)41-43)42-50-34(14-15-34)30(46)48-27(20-10-6-4-7-11-20)21-12-8-5-9-13-21/h4-13,17,19,23,25,27H,14-16,18,35H2,1-3H3,(H,37,44)(H,39,45)(H,38,40,47)/t23-,25+/m1/s1. The van der Waals surface area contributed by atoms with Crippen LogP contribution in [0.25, 0.3) is 0 Å². The summed E-state index contributed by atoms with van der Waals surface area (Å²) in [7, 11) is 0. The third-order valence-corrected chi connectivity index (χ3v) is 8.60. The second kappa shape index (κ2) is 14.7. The topological polar surface area (TPSA) is 214 Å². The summed E-state index contributed by atoms with van der Waals surface area (Å²) in [5.41, 5.74) is 5.21. The number of aromatic nitrogens is 4. The summed E-state index contributed by atoms with van der Waals surface area (Å²) < 4.78 is 11.3. The first-order valence-corrected chi connectivity index (χ1v) is 17.0. The third kappa shape index (κ3) is 8.56. The SMILES string of the molecule is CC(C)(C)OC(=O)Nc1nc(C(=NOC2(C(=O)OC(c3ccccc3)c3ccccc3)CC2)C(=O)N[C@@H]2C(=O)N[C@@H]2Cn2ncc(CN)n2)cs1. The highest BCUT2D eigenvalue weighted by Gasteiger charge is 2.56. The molecule has 2 atom stereocenters. The number of esters is 1. The fourth-order valence-corrected chi connectivity index (χ4v) is 5.75. The maximum atomic E-state index is 13.8. The number of anilines is 1. The van der Waals surface area contributed by atoms with E-state index in [0.717, 1.165) is 22.5 Å². The summed E-state index contributed by atoms with van der Waals surface area (Å²) in [5.74, 6) is -1.89. The summed E-state index contributed by atoms with van der Waals surface area (Å²) >= 11 is 1.01. The minimum atomic E-state index is -1.45. The van der Waals surface area contributed by atoms with Gasteiger partial charge in [-0.1, -0.05) is 65.8 Å². The van der Waals surface area contributed by atoms with Crippen molar-refractivity contribution in [2.24, 2.45) is 10.9 Å². The van der Waals surface area contributed by atoms with Crippen molar-refractivity contribution >= 4 is 46.1 Å². The number of amides is 3. The van der Waals surface area contributed by atoms with Gasteiger partial charge in [-0.2, -0.15) is 15.0 Å². The molecular weight excluding hydrogens is 678 g/mol. The first-order valence-electron chi connectivity index (χ1n) is 16.2. The van der Waals surface area contributed by atoms with Gasteiger partial charge in [-0.15, -0.1) is 11.3 Å². The number of hydrogen-bond donors (Lipinski definition) is 4.